The number of fused-ring (bicyclic) bond motifs is 1. The van der Waals surface area contributed by atoms with Crippen LogP contribution in [0.25, 0.3) is 0 Å². The first-order valence-electron chi connectivity index (χ1n) is 8.15. The van der Waals surface area contributed by atoms with Crippen molar-refractivity contribution in [1.29, 1.82) is 0 Å². The minimum absolute atomic E-state index is 0.302. The van der Waals surface area contributed by atoms with Crippen molar-refractivity contribution in [2.24, 2.45) is 0 Å². The molecule has 24 heavy (non-hydrogen) atoms. The predicted molar refractivity (Wildman–Crippen MR) is 93.2 cm³/mol. The first-order chi connectivity index (χ1) is 11.4. The van der Waals surface area contributed by atoms with E-state index in [2.05, 4.69) is 5.32 Å². The van der Waals surface area contributed by atoms with Crippen molar-refractivity contribution in [2.75, 3.05) is 5.32 Å². The summed E-state index contributed by atoms with van der Waals surface area (Å²) in [5.41, 5.74) is 3.05. The molecule has 2 aromatic rings. The third-order valence-corrected chi connectivity index (χ3v) is 4.45. The van der Waals surface area contributed by atoms with E-state index in [-0.39, 0.29) is 5.91 Å². The maximum absolute atomic E-state index is 12.8. The molecule has 3 rings (SSSR count). The highest BCUT2D eigenvalue weighted by Crippen LogP contribution is 2.30. The fourth-order valence-corrected chi connectivity index (χ4v) is 3.06. The molecule has 1 N–H and O–H groups in total. The van der Waals surface area contributed by atoms with Crippen LogP contribution in [0.15, 0.2) is 42.5 Å². The number of benzene rings is 2. The van der Waals surface area contributed by atoms with Crippen LogP contribution >= 0.6 is 0 Å². The quantitative estimate of drug-likeness (QED) is 0.877. The Morgan fingerprint density at radius 1 is 1.25 bits per heavy atom. The van der Waals surface area contributed by atoms with Crippen molar-refractivity contribution >= 4 is 17.6 Å². The van der Waals surface area contributed by atoms with Gasteiger partial charge in [0.2, 0.25) is 0 Å². The molecule has 4 nitrogen and oxygen atoms in total. The summed E-state index contributed by atoms with van der Waals surface area (Å²) in [6.07, 6.45) is 1.19. The molecule has 0 aliphatic carbocycles. The van der Waals surface area contributed by atoms with E-state index in [1.165, 1.54) is 0 Å². The molecule has 2 aromatic carbocycles. The normalized spacial score (nSPS) is 19.4. The van der Waals surface area contributed by atoms with Crippen LogP contribution in [0.4, 0.5) is 5.69 Å². The Hall–Kier alpha value is -2.62. The predicted octanol–water partition coefficient (Wildman–Crippen LogP) is 3.67. The van der Waals surface area contributed by atoms with Crippen molar-refractivity contribution in [3.05, 3.63) is 64.7 Å². The van der Waals surface area contributed by atoms with E-state index in [0.29, 0.717) is 12.0 Å². The zero-order chi connectivity index (χ0) is 17.3. The molecule has 1 aliphatic rings. The summed E-state index contributed by atoms with van der Waals surface area (Å²) in [6, 6.07) is 13.2. The van der Waals surface area contributed by atoms with Crippen LogP contribution in [0.1, 0.15) is 40.9 Å². The lowest BCUT2D eigenvalue weighted by Crippen LogP contribution is -2.49. The van der Waals surface area contributed by atoms with E-state index in [4.69, 9.17) is 4.74 Å². The molecule has 0 aromatic heterocycles. The summed E-state index contributed by atoms with van der Waals surface area (Å²) >= 11 is 0. The average Bonchev–Trinajstić information content (AvgIpc) is 2.54. The molecule has 0 bridgehead atoms. The molecule has 124 valence electrons. The largest absolute Gasteiger partial charge is 0.445 e. The first kappa shape index (κ1) is 16.2. The third kappa shape index (κ3) is 2.92. The summed E-state index contributed by atoms with van der Waals surface area (Å²) in [4.78, 5) is 25.1. The van der Waals surface area contributed by atoms with E-state index >= 15 is 0 Å². The van der Waals surface area contributed by atoms with Gasteiger partial charge in [-0.2, -0.15) is 0 Å². The number of aryl methyl sites for hydroxylation is 2. The van der Waals surface area contributed by atoms with Crippen LogP contribution < -0.4 is 5.32 Å². The second-order valence-electron chi connectivity index (χ2n) is 6.42. The molecule has 0 radical (unpaired) electrons. The average molecular weight is 323 g/mol. The van der Waals surface area contributed by atoms with Crippen molar-refractivity contribution in [1.82, 2.24) is 0 Å². The van der Waals surface area contributed by atoms with E-state index in [1.54, 1.807) is 13.0 Å². The lowest BCUT2D eigenvalue weighted by atomic mass is 9.88. The zero-order valence-electron chi connectivity index (χ0n) is 14.2. The maximum atomic E-state index is 12.8. The number of carbonyl (C=O) groups excluding carboxylic acids is 2. The Balaban J connectivity index is 1.88. The number of hydrogen-bond donors (Lipinski definition) is 1. The van der Waals surface area contributed by atoms with Gasteiger partial charge >= 0.3 is 5.97 Å². The SMILES string of the molecule is CCc1ccccc1NC(=O)C1(C)Cc2cc(C)ccc2C(=O)O1. The minimum Gasteiger partial charge on any atom is -0.445 e. The number of hydrogen-bond acceptors (Lipinski definition) is 3. The molecule has 1 unspecified atom stereocenters. The summed E-state index contributed by atoms with van der Waals surface area (Å²) in [7, 11) is 0. The van der Waals surface area contributed by atoms with Crippen LogP contribution in [0, 0.1) is 6.92 Å². The summed E-state index contributed by atoms with van der Waals surface area (Å²) in [6.45, 7) is 5.67. The van der Waals surface area contributed by atoms with Crippen molar-refractivity contribution in [3.8, 4) is 0 Å². The Labute approximate surface area is 141 Å². The maximum Gasteiger partial charge on any atom is 0.339 e. The van der Waals surface area contributed by atoms with Crippen molar-refractivity contribution < 1.29 is 14.3 Å². The van der Waals surface area contributed by atoms with E-state index < -0.39 is 11.6 Å². The van der Waals surface area contributed by atoms with Gasteiger partial charge in [0.25, 0.3) is 5.91 Å². The van der Waals surface area contributed by atoms with Gasteiger partial charge in [0.1, 0.15) is 0 Å². The lowest BCUT2D eigenvalue weighted by Gasteiger charge is -2.33. The highest BCUT2D eigenvalue weighted by Gasteiger charge is 2.42. The standard InChI is InChI=1S/C20H21NO3/c1-4-14-7-5-6-8-17(14)21-19(23)20(3)12-15-11-13(2)9-10-16(15)18(22)24-20/h5-11H,4,12H2,1-3H3,(H,21,23). The van der Waals surface area contributed by atoms with Crippen LogP contribution in [0.2, 0.25) is 0 Å². The summed E-state index contributed by atoms with van der Waals surface area (Å²) in [5, 5.41) is 2.92. The van der Waals surface area contributed by atoms with Gasteiger partial charge in [-0.25, -0.2) is 4.79 Å². The van der Waals surface area contributed by atoms with E-state index in [9.17, 15) is 9.59 Å². The Bertz CT molecular complexity index is 812. The zero-order valence-corrected chi connectivity index (χ0v) is 14.2. The molecule has 1 atom stereocenters. The molecule has 0 spiro atoms. The lowest BCUT2D eigenvalue weighted by molar-refractivity contribution is -0.134. The molecule has 1 aliphatic heterocycles. The van der Waals surface area contributed by atoms with Gasteiger partial charge in [-0.15, -0.1) is 0 Å². The molecule has 1 amide bonds. The highest BCUT2D eigenvalue weighted by atomic mass is 16.6. The number of anilines is 1. The van der Waals surface area contributed by atoms with Crippen molar-refractivity contribution in [3.63, 3.8) is 0 Å². The van der Waals surface area contributed by atoms with Gasteiger partial charge in [0, 0.05) is 12.1 Å². The summed E-state index contributed by atoms with van der Waals surface area (Å²) in [5.74, 6) is -0.749. The second kappa shape index (κ2) is 6.11. The minimum atomic E-state index is -1.21. The number of amides is 1. The molecular formula is C20H21NO3. The molecule has 0 saturated heterocycles. The second-order valence-corrected chi connectivity index (χ2v) is 6.42. The van der Waals surface area contributed by atoms with Crippen LogP contribution in [-0.2, 0) is 22.4 Å². The van der Waals surface area contributed by atoms with E-state index in [1.807, 2.05) is 50.2 Å². The molecule has 0 saturated carbocycles. The van der Waals surface area contributed by atoms with Gasteiger partial charge in [0.15, 0.2) is 5.60 Å². The van der Waals surface area contributed by atoms with Gasteiger partial charge in [-0.05, 0) is 43.5 Å². The van der Waals surface area contributed by atoms with Gasteiger partial charge < -0.3 is 10.1 Å². The number of carbonyl (C=O) groups is 2. The van der Waals surface area contributed by atoms with Crippen LogP contribution in [0.5, 0.6) is 0 Å². The fraction of sp³-hybridized carbons (Fsp3) is 0.300. The number of cyclic esters (lactones) is 1. The Kier molecular flexibility index (Phi) is 4.14. The van der Waals surface area contributed by atoms with Gasteiger partial charge in [0.05, 0.1) is 5.56 Å². The van der Waals surface area contributed by atoms with E-state index in [0.717, 1.165) is 28.8 Å². The molecule has 1 heterocycles. The van der Waals surface area contributed by atoms with Crippen LogP contribution in [0.3, 0.4) is 0 Å². The monoisotopic (exact) mass is 323 g/mol. The highest BCUT2D eigenvalue weighted by molar-refractivity contribution is 6.02. The smallest absolute Gasteiger partial charge is 0.339 e. The van der Waals surface area contributed by atoms with Crippen LogP contribution in [-0.4, -0.2) is 17.5 Å². The number of rotatable bonds is 3. The van der Waals surface area contributed by atoms with Gasteiger partial charge in [-0.3, -0.25) is 4.79 Å². The fourth-order valence-electron chi connectivity index (χ4n) is 3.06. The number of para-hydroxylation sites is 1. The summed E-state index contributed by atoms with van der Waals surface area (Å²) < 4.78 is 5.50. The van der Waals surface area contributed by atoms with Gasteiger partial charge in [-0.1, -0.05) is 42.8 Å². The first-order valence-corrected chi connectivity index (χ1v) is 8.15. The van der Waals surface area contributed by atoms with Crippen molar-refractivity contribution in [2.45, 2.75) is 39.2 Å². The molecule has 0 fully saturated rings. The Morgan fingerprint density at radius 2 is 2.00 bits per heavy atom. The number of nitrogens with one attached hydrogen (secondary N) is 1. The topological polar surface area (TPSA) is 55.4 Å². The Morgan fingerprint density at radius 3 is 2.75 bits per heavy atom. The number of ether oxygens (including phenoxy) is 1. The number of esters is 1. The third-order valence-electron chi connectivity index (χ3n) is 4.45. The molecular weight excluding hydrogens is 302 g/mol. The molecule has 4 heteroatoms.